The molecule has 0 fully saturated rings. The summed E-state index contributed by atoms with van der Waals surface area (Å²) in [5.41, 5.74) is 13.8. The molecule has 8 aromatic carbocycles. The fourth-order valence-corrected chi connectivity index (χ4v) is 9.36. The van der Waals surface area contributed by atoms with Gasteiger partial charge in [-0.15, -0.1) is 0 Å². The van der Waals surface area contributed by atoms with E-state index in [-0.39, 0.29) is 17.0 Å². The molecule has 1 nitrogen and oxygen atoms in total. The van der Waals surface area contributed by atoms with Crippen molar-refractivity contribution >= 4 is 17.1 Å². The summed E-state index contributed by atoms with van der Waals surface area (Å²) in [5.74, 6) is -0.591. The van der Waals surface area contributed by atoms with Crippen LogP contribution in [0.4, 0.5) is 25.8 Å². The molecule has 0 saturated heterocycles. The molecule has 1 aliphatic heterocycles. The minimum atomic E-state index is -0.988. The molecule has 8 aromatic rings. The summed E-state index contributed by atoms with van der Waals surface area (Å²) in [4.78, 5) is 2.38. The smallest absolute Gasteiger partial charge is 0.128 e. The molecule has 0 spiro atoms. The third-order valence-electron chi connectivity index (χ3n) is 11.9. The summed E-state index contributed by atoms with van der Waals surface area (Å²) in [6.45, 7) is 4.62. The highest BCUT2D eigenvalue weighted by Gasteiger charge is 2.49. The number of rotatable bonds is 5. The molecule has 0 atom stereocenters. The first-order valence-electron chi connectivity index (χ1n) is 18.8. The van der Waals surface area contributed by atoms with Crippen molar-refractivity contribution in [1.82, 2.24) is 0 Å². The molecule has 0 radical (unpaired) electrons. The maximum Gasteiger partial charge on any atom is 0.128 e. The van der Waals surface area contributed by atoms with E-state index in [4.69, 9.17) is 0 Å². The summed E-state index contributed by atoms with van der Waals surface area (Å²) in [5, 5.41) is 0. The van der Waals surface area contributed by atoms with E-state index >= 15 is 4.39 Å². The number of para-hydroxylation sites is 1. The number of halogens is 2. The van der Waals surface area contributed by atoms with Gasteiger partial charge in [0.05, 0.1) is 16.8 Å². The maximum absolute atomic E-state index is 17.1. The fraction of sp³-hybridized carbons (Fsp3) is 0.0769. The lowest BCUT2D eigenvalue weighted by Gasteiger charge is -2.42. The highest BCUT2D eigenvalue weighted by atomic mass is 19.1. The van der Waals surface area contributed by atoms with E-state index in [0.29, 0.717) is 5.56 Å². The van der Waals surface area contributed by atoms with E-state index in [9.17, 15) is 4.39 Å². The molecule has 55 heavy (non-hydrogen) atoms. The van der Waals surface area contributed by atoms with Crippen molar-refractivity contribution in [2.75, 3.05) is 4.90 Å². The molecular weight excluding hydrogens is 677 g/mol. The Morgan fingerprint density at radius 3 is 1.71 bits per heavy atom. The summed E-state index contributed by atoms with van der Waals surface area (Å²) < 4.78 is 31.4. The Balaban J connectivity index is 1.29. The van der Waals surface area contributed by atoms with Gasteiger partial charge in [-0.2, -0.15) is 0 Å². The van der Waals surface area contributed by atoms with Gasteiger partial charge in [0.2, 0.25) is 0 Å². The van der Waals surface area contributed by atoms with Gasteiger partial charge < -0.3 is 4.90 Å². The Kier molecular flexibility index (Phi) is 7.50. The largest absolute Gasteiger partial charge is 0.310 e. The molecule has 10 rings (SSSR count). The molecule has 0 unspecified atom stereocenters. The lowest BCUT2D eigenvalue weighted by atomic mass is 9.67. The molecule has 2 aliphatic rings. The fourth-order valence-electron chi connectivity index (χ4n) is 9.36. The van der Waals surface area contributed by atoms with E-state index < -0.39 is 5.41 Å². The normalized spacial score (nSPS) is 14.4. The predicted molar refractivity (Wildman–Crippen MR) is 221 cm³/mol. The average Bonchev–Trinajstić information content (AvgIpc) is 3.54. The van der Waals surface area contributed by atoms with Gasteiger partial charge in [-0.1, -0.05) is 153 Å². The summed E-state index contributed by atoms with van der Waals surface area (Å²) >= 11 is 0. The molecule has 0 N–H and O–H groups in total. The SMILES string of the molecule is CC1(C)c2ccccc2N(c2ccc3c(c2)C(c2ccccc2)(c2ccccc2)c2c(F)ccc(-c4ccc(F)cc4)c2-3)c2ccc(-c3ccccc3)cc21. The number of hydrogen-bond donors (Lipinski definition) is 0. The van der Waals surface area contributed by atoms with E-state index in [1.54, 1.807) is 18.2 Å². The highest BCUT2D eigenvalue weighted by molar-refractivity contribution is 5.97. The molecule has 1 heterocycles. The molecule has 0 amide bonds. The van der Waals surface area contributed by atoms with E-state index in [0.717, 1.165) is 56.0 Å². The zero-order valence-electron chi connectivity index (χ0n) is 30.6. The lowest BCUT2D eigenvalue weighted by Crippen LogP contribution is -2.31. The zero-order valence-corrected chi connectivity index (χ0v) is 30.6. The first kappa shape index (κ1) is 33.0. The quantitative estimate of drug-likeness (QED) is 0.172. The Hall–Kier alpha value is -6.58. The third-order valence-corrected chi connectivity index (χ3v) is 11.9. The number of hydrogen-bond acceptors (Lipinski definition) is 1. The van der Waals surface area contributed by atoms with Gasteiger partial charge in [0, 0.05) is 16.7 Å². The van der Waals surface area contributed by atoms with Crippen molar-refractivity contribution in [2.45, 2.75) is 24.7 Å². The van der Waals surface area contributed by atoms with Crippen LogP contribution in [0.15, 0.2) is 188 Å². The van der Waals surface area contributed by atoms with E-state index in [1.165, 1.54) is 34.4 Å². The van der Waals surface area contributed by atoms with Gasteiger partial charge in [0.15, 0.2) is 0 Å². The number of anilines is 3. The molecule has 3 heteroatoms. The monoisotopic (exact) mass is 713 g/mol. The van der Waals surface area contributed by atoms with Crippen molar-refractivity contribution in [3.05, 3.63) is 233 Å². The third kappa shape index (κ3) is 4.89. The number of fused-ring (bicyclic) bond motifs is 5. The molecular formula is C52H37F2N. The van der Waals surface area contributed by atoms with Gasteiger partial charge >= 0.3 is 0 Å². The number of benzene rings is 8. The van der Waals surface area contributed by atoms with E-state index in [1.807, 2.05) is 42.5 Å². The first-order valence-corrected chi connectivity index (χ1v) is 18.8. The van der Waals surface area contributed by atoms with Crippen LogP contribution in [-0.4, -0.2) is 0 Å². The second-order valence-electron chi connectivity index (χ2n) is 15.1. The molecule has 264 valence electrons. The van der Waals surface area contributed by atoms with Crippen LogP contribution in [-0.2, 0) is 10.8 Å². The summed E-state index contributed by atoms with van der Waals surface area (Å²) in [7, 11) is 0. The second kappa shape index (κ2) is 12.5. The Bertz CT molecular complexity index is 2700. The van der Waals surface area contributed by atoms with Crippen LogP contribution in [0.1, 0.15) is 47.2 Å². The lowest BCUT2D eigenvalue weighted by molar-refractivity contribution is 0.588. The van der Waals surface area contributed by atoms with Crippen LogP contribution < -0.4 is 4.90 Å². The molecule has 0 aromatic heterocycles. The maximum atomic E-state index is 17.1. The van der Waals surface area contributed by atoms with E-state index in [2.05, 4.69) is 134 Å². The Labute approximate surface area is 320 Å². The minimum Gasteiger partial charge on any atom is -0.310 e. The van der Waals surface area contributed by atoms with Crippen molar-refractivity contribution < 1.29 is 8.78 Å². The van der Waals surface area contributed by atoms with Crippen LogP contribution in [0.3, 0.4) is 0 Å². The van der Waals surface area contributed by atoms with Gasteiger partial charge in [-0.3, -0.25) is 0 Å². The van der Waals surface area contributed by atoms with Crippen molar-refractivity contribution in [2.24, 2.45) is 0 Å². The molecule has 0 bridgehead atoms. The van der Waals surface area contributed by atoms with Crippen LogP contribution in [0.25, 0.3) is 33.4 Å². The van der Waals surface area contributed by atoms with Gasteiger partial charge in [0.25, 0.3) is 0 Å². The van der Waals surface area contributed by atoms with Crippen LogP contribution in [0, 0.1) is 11.6 Å². The van der Waals surface area contributed by atoms with Gasteiger partial charge in [0.1, 0.15) is 11.6 Å². The Morgan fingerprint density at radius 1 is 0.436 bits per heavy atom. The van der Waals surface area contributed by atoms with Crippen LogP contribution in [0.5, 0.6) is 0 Å². The average molecular weight is 714 g/mol. The molecule has 1 aliphatic carbocycles. The van der Waals surface area contributed by atoms with Crippen molar-refractivity contribution in [3.63, 3.8) is 0 Å². The van der Waals surface area contributed by atoms with Crippen LogP contribution in [0.2, 0.25) is 0 Å². The standard InChI is InChI=1S/C52H37F2N/c1-51(2)43-20-12-13-21-47(43)55(48-31-24-36(32-45(48)51)34-14-6-3-7-15-34)40-27-28-42-44(33-40)52(37-16-8-4-9-17-37,38-18-10-5-11-19-38)50-46(54)30-29-41(49(42)50)35-22-25-39(53)26-23-35/h3-33H,1-2H3. The zero-order chi connectivity index (χ0) is 37.3. The first-order chi connectivity index (χ1) is 26.9. The minimum absolute atomic E-state index is 0.273. The van der Waals surface area contributed by atoms with Crippen molar-refractivity contribution in [1.29, 1.82) is 0 Å². The second-order valence-corrected chi connectivity index (χ2v) is 15.1. The topological polar surface area (TPSA) is 3.24 Å². The van der Waals surface area contributed by atoms with Gasteiger partial charge in [-0.05, 0) is 110 Å². The highest BCUT2D eigenvalue weighted by Crippen LogP contribution is 2.61. The summed E-state index contributed by atoms with van der Waals surface area (Å²) in [6.07, 6.45) is 0. The predicted octanol–water partition coefficient (Wildman–Crippen LogP) is 13.8. The van der Waals surface area contributed by atoms with Crippen LogP contribution >= 0.6 is 0 Å². The summed E-state index contributed by atoms with van der Waals surface area (Å²) in [6, 6.07) is 63.2. The Morgan fingerprint density at radius 2 is 1.02 bits per heavy atom. The van der Waals surface area contributed by atoms with Gasteiger partial charge in [-0.25, -0.2) is 8.78 Å². The van der Waals surface area contributed by atoms with Crippen molar-refractivity contribution in [3.8, 4) is 33.4 Å². The molecule has 0 saturated carbocycles. The number of nitrogens with zero attached hydrogens (tertiary/aromatic N) is 1.